The smallest absolute Gasteiger partial charge is 0.311 e. The molecule has 2 heterocycles. The molecule has 11 heteroatoms. The van der Waals surface area contributed by atoms with Crippen LogP contribution in [0.4, 0.5) is 0 Å². The van der Waals surface area contributed by atoms with Crippen LogP contribution in [0.2, 0.25) is 0 Å². The first kappa shape index (κ1) is 22.8. The molecular formula is C18H28N4O7. The van der Waals surface area contributed by atoms with Crippen LogP contribution in [0.1, 0.15) is 58.4 Å². The Hall–Kier alpha value is -2.53. The first-order valence-corrected chi connectivity index (χ1v) is 9.15. The molecule has 0 saturated carbocycles. The first-order valence-electron chi connectivity index (χ1n) is 9.15. The molecule has 162 valence electrons. The summed E-state index contributed by atoms with van der Waals surface area (Å²) >= 11 is 0. The van der Waals surface area contributed by atoms with Crippen LogP contribution in [0, 0.1) is 10.8 Å². The summed E-state index contributed by atoms with van der Waals surface area (Å²) in [6, 6.07) is 0. The zero-order valence-electron chi connectivity index (χ0n) is 17.4. The Labute approximate surface area is 168 Å². The number of carbonyl (C=O) groups excluding carboxylic acids is 3. The Morgan fingerprint density at radius 2 is 1.62 bits per heavy atom. The van der Waals surface area contributed by atoms with Gasteiger partial charge in [0.15, 0.2) is 18.4 Å². The van der Waals surface area contributed by atoms with Gasteiger partial charge in [0.05, 0.1) is 17.4 Å². The van der Waals surface area contributed by atoms with Gasteiger partial charge in [0.2, 0.25) is 5.82 Å². The van der Waals surface area contributed by atoms with Gasteiger partial charge in [-0.15, -0.1) is 5.10 Å². The molecule has 0 aliphatic carbocycles. The van der Waals surface area contributed by atoms with Crippen molar-refractivity contribution in [3.8, 4) is 0 Å². The molecule has 4 atom stereocenters. The fraction of sp³-hybridized carbons (Fsp3) is 0.722. The summed E-state index contributed by atoms with van der Waals surface area (Å²) in [4.78, 5) is 40.1. The number of nitrogens with zero attached hydrogens (tertiary/aromatic N) is 3. The van der Waals surface area contributed by atoms with E-state index in [1.54, 1.807) is 41.5 Å². The lowest BCUT2D eigenvalue weighted by Gasteiger charge is -2.28. The van der Waals surface area contributed by atoms with E-state index < -0.39 is 59.8 Å². The number of rotatable bonds is 5. The Bertz CT molecular complexity index is 778. The van der Waals surface area contributed by atoms with Gasteiger partial charge in [0.1, 0.15) is 12.4 Å². The fourth-order valence-corrected chi connectivity index (χ4v) is 2.45. The van der Waals surface area contributed by atoms with Gasteiger partial charge < -0.3 is 25.1 Å². The van der Waals surface area contributed by atoms with Crippen molar-refractivity contribution in [2.75, 3.05) is 6.61 Å². The molecule has 1 fully saturated rings. The van der Waals surface area contributed by atoms with Gasteiger partial charge >= 0.3 is 11.9 Å². The van der Waals surface area contributed by atoms with Crippen molar-refractivity contribution in [1.82, 2.24) is 14.8 Å². The molecule has 29 heavy (non-hydrogen) atoms. The van der Waals surface area contributed by atoms with E-state index in [2.05, 4.69) is 10.1 Å². The quantitative estimate of drug-likeness (QED) is 0.644. The number of nitrogens with two attached hydrogens (primary N) is 1. The number of ether oxygens (including phenoxy) is 3. The number of primary amides is 1. The summed E-state index contributed by atoms with van der Waals surface area (Å²) in [5.74, 6) is -2.23. The van der Waals surface area contributed by atoms with Crippen LogP contribution in [-0.2, 0) is 23.8 Å². The van der Waals surface area contributed by atoms with Crippen LogP contribution in [-0.4, -0.2) is 62.6 Å². The van der Waals surface area contributed by atoms with Crippen LogP contribution in [0.15, 0.2) is 6.33 Å². The first-order chi connectivity index (χ1) is 13.3. The second-order valence-electron chi connectivity index (χ2n) is 8.90. The highest BCUT2D eigenvalue weighted by Gasteiger charge is 2.52. The lowest BCUT2D eigenvalue weighted by Crippen LogP contribution is -2.44. The number of hydrogen-bond donors (Lipinski definition) is 2. The topological polar surface area (TPSA) is 156 Å². The van der Waals surface area contributed by atoms with Gasteiger partial charge in [-0.1, -0.05) is 0 Å². The molecule has 1 aromatic rings. The highest BCUT2D eigenvalue weighted by molar-refractivity contribution is 5.88. The van der Waals surface area contributed by atoms with E-state index in [1.807, 2.05) is 0 Å². The molecule has 1 saturated heterocycles. The summed E-state index contributed by atoms with van der Waals surface area (Å²) in [6.45, 7) is 9.51. The highest BCUT2D eigenvalue weighted by atomic mass is 16.6. The third-order valence-corrected chi connectivity index (χ3v) is 4.17. The van der Waals surface area contributed by atoms with Gasteiger partial charge in [-0.25, -0.2) is 9.67 Å². The summed E-state index contributed by atoms with van der Waals surface area (Å²) < 4.78 is 18.1. The molecule has 0 radical (unpaired) electrons. The van der Waals surface area contributed by atoms with Crippen molar-refractivity contribution < 1.29 is 33.7 Å². The van der Waals surface area contributed by atoms with E-state index in [1.165, 1.54) is 6.33 Å². The Morgan fingerprint density at radius 1 is 1.10 bits per heavy atom. The van der Waals surface area contributed by atoms with Gasteiger partial charge in [0.25, 0.3) is 5.91 Å². The van der Waals surface area contributed by atoms with Crippen molar-refractivity contribution >= 4 is 17.8 Å². The minimum Gasteiger partial charge on any atom is -0.455 e. The standard InChI is InChI=1S/C18H28N4O7/c1-17(2,3)15(25)28-10-9(7-23)27-14(11(10)29-16(26)18(4,5)6)22-8-20-13(21-22)12(19)24/h8-11,14,23H,7H2,1-6H3,(H2,19,24)/t9-,10-,11-,14-/m1/s1. The van der Waals surface area contributed by atoms with Gasteiger partial charge in [-0.05, 0) is 41.5 Å². The molecule has 0 spiro atoms. The maximum absolute atomic E-state index is 12.5. The van der Waals surface area contributed by atoms with Crippen molar-refractivity contribution in [2.24, 2.45) is 16.6 Å². The summed E-state index contributed by atoms with van der Waals surface area (Å²) in [5.41, 5.74) is 3.50. The SMILES string of the molecule is CC(C)(C)C(=O)O[C@@H]1[C@H](OC(=O)C(C)(C)C)[C@@H](CO)O[C@H]1n1cnc(C(N)=O)n1. The third-order valence-electron chi connectivity index (χ3n) is 4.17. The molecule has 1 aliphatic rings. The third kappa shape index (κ3) is 5.10. The van der Waals surface area contributed by atoms with Gasteiger partial charge in [0, 0.05) is 0 Å². The van der Waals surface area contributed by atoms with E-state index in [-0.39, 0.29) is 5.82 Å². The largest absolute Gasteiger partial charge is 0.455 e. The summed E-state index contributed by atoms with van der Waals surface area (Å²) in [6.07, 6.45) is -3.11. The minimum atomic E-state index is -1.13. The molecule has 0 bridgehead atoms. The molecule has 1 amide bonds. The summed E-state index contributed by atoms with van der Waals surface area (Å²) in [5, 5.41) is 13.7. The van der Waals surface area contributed by atoms with E-state index in [9.17, 15) is 19.5 Å². The number of carbonyl (C=O) groups is 3. The highest BCUT2D eigenvalue weighted by Crippen LogP contribution is 2.36. The number of aromatic nitrogens is 3. The number of aliphatic hydroxyl groups excluding tert-OH is 1. The molecule has 3 N–H and O–H groups in total. The predicted molar refractivity (Wildman–Crippen MR) is 98.2 cm³/mol. The number of aliphatic hydroxyl groups is 1. The van der Waals surface area contributed by atoms with E-state index >= 15 is 0 Å². The number of esters is 2. The van der Waals surface area contributed by atoms with Crippen molar-refractivity contribution in [3.63, 3.8) is 0 Å². The Kier molecular flexibility index (Phi) is 6.33. The zero-order chi connectivity index (χ0) is 22.1. The molecule has 0 aromatic carbocycles. The molecule has 2 rings (SSSR count). The van der Waals surface area contributed by atoms with Crippen LogP contribution in [0.3, 0.4) is 0 Å². The minimum absolute atomic E-state index is 0.259. The maximum Gasteiger partial charge on any atom is 0.311 e. The van der Waals surface area contributed by atoms with Crippen LogP contribution >= 0.6 is 0 Å². The maximum atomic E-state index is 12.5. The Morgan fingerprint density at radius 3 is 2.03 bits per heavy atom. The number of hydrogen-bond acceptors (Lipinski definition) is 9. The monoisotopic (exact) mass is 412 g/mol. The van der Waals surface area contributed by atoms with Crippen LogP contribution in [0.5, 0.6) is 0 Å². The number of amides is 1. The van der Waals surface area contributed by atoms with Crippen molar-refractivity contribution in [2.45, 2.75) is 66.1 Å². The van der Waals surface area contributed by atoms with Gasteiger partial charge in [-0.2, -0.15) is 0 Å². The predicted octanol–water partition coefficient (Wildman–Crippen LogP) is 0.183. The van der Waals surface area contributed by atoms with Gasteiger partial charge in [-0.3, -0.25) is 14.4 Å². The average molecular weight is 412 g/mol. The van der Waals surface area contributed by atoms with E-state index in [0.717, 1.165) is 4.68 Å². The fourth-order valence-electron chi connectivity index (χ4n) is 2.45. The van der Waals surface area contributed by atoms with E-state index in [0.29, 0.717) is 0 Å². The van der Waals surface area contributed by atoms with Crippen molar-refractivity contribution in [1.29, 1.82) is 0 Å². The molecule has 11 nitrogen and oxygen atoms in total. The zero-order valence-corrected chi connectivity index (χ0v) is 17.4. The lowest BCUT2D eigenvalue weighted by atomic mass is 9.96. The van der Waals surface area contributed by atoms with E-state index in [4.69, 9.17) is 19.9 Å². The second kappa shape index (κ2) is 8.07. The van der Waals surface area contributed by atoms with Crippen LogP contribution < -0.4 is 5.73 Å². The average Bonchev–Trinajstić information content (AvgIpc) is 3.19. The molecule has 1 aromatic heterocycles. The molecular weight excluding hydrogens is 384 g/mol. The summed E-state index contributed by atoms with van der Waals surface area (Å²) in [7, 11) is 0. The Balaban J connectivity index is 2.41. The molecule has 0 unspecified atom stereocenters. The lowest BCUT2D eigenvalue weighted by molar-refractivity contribution is -0.178. The molecule has 1 aliphatic heterocycles. The normalized spacial score (nSPS) is 24.9. The van der Waals surface area contributed by atoms with Crippen LogP contribution in [0.25, 0.3) is 0 Å². The van der Waals surface area contributed by atoms with Crippen molar-refractivity contribution in [3.05, 3.63) is 12.2 Å². The second-order valence-corrected chi connectivity index (χ2v) is 8.90.